The lowest BCUT2D eigenvalue weighted by Gasteiger charge is -2.23. The number of para-hydroxylation sites is 1. The second-order valence-electron chi connectivity index (χ2n) is 5.24. The van der Waals surface area contributed by atoms with Crippen LogP contribution in [0.4, 0.5) is 0 Å². The molecule has 0 aliphatic carbocycles. The van der Waals surface area contributed by atoms with E-state index in [0.29, 0.717) is 41.8 Å². The van der Waals surface area contributed by atoms with Gasteiger partial charge in [-0.15, -0.1) is 0 Å². The maximum absolute atomic E-state index is 10.2. The van der Waals surface area contributed by atoms with Gasteiger partial charge in [0.2, 0.25) is 0 Å². The summed E-state index contributed by atoms with van der Waals surface area (Å²) in [7, 11) is 0. The van der Waals surface area contributed by atoms with E-state index in [9.17, 15) is 5.11 Å². The SMILES string of the molecule is N#CCCN(Cc1ccco1)CC(O)COc1c(Cl)cccc1Cl. The highest BCUT2D eigenvalue weighted by Gasteiger charge is 2.15. The first-order valence-electron chi connectivity index (χ1n) is 7.46. The molecule has 1 unspecified atom stereocenters. The molecule has 0 fully saturated rings. The van der Waals surface area contributed by atoms with Gasteiger partial charge in [0.05, 0.1) is 28.9 Å². The minimum atomic E-state index is -0.758. The molecule has 2 rings (SSSR count). The Balaban J connectivity index is 1.89. The van der Waals surface area contributed by atoms with E-state index in [1.54, 1.807) is 30.5 Å². The number of aliphatic hydroxyl groups excluding tert-OH is 1. The molecule has 0 spiro atoms. The zero-order valence-corrected chi connectivity index (χ0v) is 14.5. The standard InChI is InChI=1S/C17H18Cl2N2O3/c18-15-5-1-6-16(19)17(15)24-12-13(22)10-21(8-3-7-20)11-14-4-2-9-23-14/h1-2,4-6,9,13,22H,3,8,10-12H2. The highest BCUT2D eigenvalue weighted by atomic mass is 35.5. The Hall–Kier alpha value is -1.71. The van der Waals surface area contributed by atoms with E-state index in [1.807, 2.05) is 11.0 Å². The molecule has 0 saturated carbocycles. The largest absolute Gasteiger partial charge is 0.488 e. The van der Waals surface area contributed by atoms with Crippen LogP contribution in [0.2, 0.25) is 10.0 Å². The third-order valence-electron chi connectivity index (χ3n) is 3.31. The van der Waals surface area contributed by atoms with Crippen molar-refractivity contribution in [3.8, 4) is 11.8 Å². The van der Waals surface area contributed by atoms with Crippen LogP contribution in [0.15, 0.2) is 41.0 Å². The maximum Gasteiger partial charge on any atom is 0.156 e. The van der Waals surface area contributed by atoms with Crippen molar-refractivity contribution < 1.29 is 14.3 Å². The average Bonchev–Trinajstić information content (AvgIpc) is 3.05. The molecule has 0 bridgehead atoms. The number of halogens is 2. The van der Waals surface area contributed by atoms with Gasteiger partial charge < -0.3 is 14.3 Å². The van der Waals surface area contributed by atoms with Gasteiger partial charge in [-0.1, -0.05) is 29.3 Å². The Morgan fingerprint density at radius 3 is 2.62 bits per heavy atom. The summed E-state index contributed by atoms with van der Waals surface area (Å²) >= 11 is 12.1. The Labute approximate surface area is 151 Å². The molecule has 1 atom stereocenters. The highest BCUT2D eigenvalue weighted by Crippen LogP contribution is 2.32. The van der Waals surface area contributed by atoms with E-state index in [2.05, 4.69) is 6.07 Å². The number of furan rings is 1. The number of hydrogen-bond donors (Lipinski definition) is 1. The molecule has 2 aromatic rings. The Morgan fingerprint density at radius 2 is 2.00 bits per heavy atom. The van der Waals surface area contributed by atoms with E-state index in [1.165, 1.54) is 0 Å². The summed E-state index contributed by atoms with van der Waals surface area (Å²) in [6.07, 6.45) is 1.20. The summed E-state index contributed by atoms with van der Waals surface area (Å²) in [6, 6.07) is 10.8. The molecule has 1 aromatic carbocycles. The van der Waals surface area contributed by atoms with E-state index >= 15 is 0 Å². The molecule has 0 radical (unpaired) electrons. The number of nitriles is 1. The maximum atomic E-state index is 10.2. The number of hydrogen-bond acceptors (Lipinski definition) is 5. The van der Waals surface area contributed by atoms with Crippen LogP contribution in [0, 0.1) is 11.3 Å². The summed E-state index contributed by atoms with van der Waals surface area (Å²) in [4.78, 5) is 1.93. The molecule has 0 aliphatic heterocycles. The summed E-state index contributed by atoms with van der Waals surface area (Å²) in [5, 5.41) is 19.8. The van der Waals surface area contributed by atoms with Crippen molar-refractivity contribution in [2.45, 2.75) is 19.1 Å². The third-order valence-corrected chi connectivity index (χ3v) is 3.90. The Kier molecular flexibility index (Phi) is 7.41. The van der Waals surface area contributed by atoms with Crippen LogP contribution in [0.1, 0.15) is 12.2 Å². The van der Waals surface area contributed by atoms with Gasteiger partial charge in [0.1, 0.15) is 18.5 Å². The quantitative estimate of drug-likeness (QED) is 0.729. The molecule has 1 aromatic heterocycles. The van der Waals surface area contributed by atoms with Crippen LogP contribution in [0.25, 0.3) is 0 Å². The summed E-state index contributed by atoms with van der Waals surface area (Å²) in [5.74, 6) is 1.13. The fourth-order valence-electron chi connectivity index (χ4n) is 2.22. The van der Waals surface area contributed by atoms with Crippen molar-refractivity contribution >= 4 is 23.2 Å². The zero-order valence-electron chi connectivity index (χ0n) is 13.0. The average molecular weight is 369 g/mol. The molecular formula is C17H18Cl2N2O3. The monoisotopic (exact) mass is 368 g/mol. The van der Waals surface area contributed by atoms with Crippen LogP contribution in [-0.2, 0) is 6.54 Å². The molecule has 5 nitrogen and oxygen atoms in total. The van der Waals surface area contributed by atoms with Crippen molar-refractivity contribution in [3.63, 3.8) is 0 Å². The van der Waals surface area contributed by atoms with Gasteiger partial charge in [-0.3, -0.25) is 4.90 Å². The molecule has 7 heteroatoms. The normalized spacial score (nSPS) is 12.1. The molecule has 0 amide bonds. The predicted molar refractivity (Wildman–Crippen MR) is 92.2 cm³/mol. The van der Waals surface area contributed by atoms with Crippen molar-refractivity contribution in [2.75, 3.05) is 19.7 Å². The van der Waals surface area contributed by atoms with Crippen molar-refractivity contribution in [3.05, 3.63) is 52.4 Å². The van der Waals surface area contributed by atoms with E-state index < -0.39 is 6.10 Å². The van der Waals surface area contributed by atoms with E-state index in [0.717, 1.165) is 5.76 Å². The van der Waals surface area contributed by atoms with Gasteiger partial charge in [0, 0.05) is 19.5 Å². The fourth-order valence-corrected chi connectivity index (χ4v) is 2.72. The van der Waals surface area contributed by atoms with Crippen molar-refractivity contribution in [2.24, 2.45) is 0 Å². The van der Waals surface area contributed by atoms with Crippen LogP contribution >= 0.6 is 23.2 Å². The van der Waals surface area contributed by atoms with Crippen LogP contribution in [-0.4, -0.2) is 35.8 Å². The minimum absolute atomic E-state index is 0.0463. The number of ether oxygens (including phenoxy) is 1. The minimum Gasteiger partial charge on any atom is -0.488 e. The Morgan fingerprint density at radius 1 is 1.25 bits per heavy atom. The molecule has 1 heterocycles. The molecule has 0 saturated heterocycles. The lowest BCUT2D eigenvalue weighted by atomic mass is 10.3. The van der Waals surface area contributed by atoms with Crippen LogP contribution in [0.5, 0.6) is 5.75 Å². The number of nitrogens with zero attached hydrogens (tertiary/aromatic N) is 2. The number of rotatable bonds is 9. The highest BCUT2D eigenvalue weighted by molar-refractivity contribution is 6.37. The van der Waals surface area contributed by atoms with E-state index in [4.69, 9.17) is 37.6 Å². The van der Waals surface area contributed by atoms with E-state index in [-0.39, 0.29) is 6.61 Å². The second kappa shape index (κ2) is 9.55. The van der Waals surface area contributed by atoms with Gasteiger partial charge in [0.15, 0.2) is 5.75 Å². The van der Waals surface area contributed by atoms with Crippen LogP contribution in [0.3, 0.4) is 0 Å². The van der Waals surface area contributed by atoms with Gasteiger partial charge in [-0.05, 0) is 24.3 Å². The summed E-state index contributed by atoms with van der Waals surface area (Å²) in [5.41, 5.74) is 0. The Bertz CT molecular complexity index is 651. The summed E-state index contributed by atoms with van der Waals surface area (Å²) in [6.45, 7) is 1.43. The number of benzene rings is 1. The molecule has 24 heavy (non-hydrogen) atoms. The van der Waals surface area contributed by atoms with Crippen LogP contribution < -0.4 is 4.74 Å². The summed E-state index contributed by atoms with van der Waals surface area (Å²) < 4.78 is 10.9. The van der Waals surface area contributed by atoms with Gasteiger partial charge in [-0.2, -0.15) is 5.26 Å². The van der Waals surface area contributed by atoms with Gasteiger partial charge >= 0.3 is 0 Å². The molecule has 1 N–H and O–H groups in total. The molecular weight excluding hydrogens is 351 g/mol. The lowest BCUT2D eigenvalue weighted by molar-refractivity contribution is 0.0641. The number of aliphatic hydroxyl groups is 1. The smallest absolute Gasteiger partial charge is 0.156 e. The van der Waals surface area contributed by atoms with Gasteiger partial charge in [-0.25, -0.2) is 0 Å². The lowest BCUT2D eigenvalue weighted by Crippen LogP contribution is -2.35. The third kappa shape index (κ3) is 5.73. The topological polar surface area (TPSA) is 69.6 Å². The second-order valence-corrected chi connectivity index (χ2v) is 6.05. The first kappa shape index (κ1) is 18.6. The first-order chi connectivity index (χ1) is 11.6. The molecule has 0 aliphatic rings. The first-order valence-corrected chi connectivity index (χ1v) is 8.22. The van der Waals surface area contributed by atoms with Crippen molar-refractivity contribution in [1.29, 1.82) is 5.26 Å². The zero-order chi connectivity index (χ0) is 17.4. The predicted octanol–water partition coefficient (Wildman–Crippen LogP) is 3.74. The van der Waals surface area contributed by atoms with Crippen molar-refractivity contribution in [1.82, 2.24) is 4.90 Å². The molecule has 128 valence electrons. The fraction of sp³-hybridized carbons (Fsp3) is 0.353. The van der Waals surface area contributed by atoms with Gasteiger partial charge in [0.25, 0.3) is 0 Å².